The molecule has 0 atom stereocenters. The largest absolute Gasteiger partial charge is 0.484 e. The summed E-state index contributed by atoms with van der Waals surface area (Å²) in [6.45, 7) is 8.60. The normalized spacial score (nSPS) is 11.1. The van der Waals surface area contributed by atoms with Crippen molar-refractivity contribution < 1.29 is 14.6 Å². The number of carboxylic acids is 1. The summed E-state index contributed by atoms with van der Waals surface area (Å²) in [4.78, 5) is 23.2. The summed E-state index contributed by atoms with van der Waals surface area (Å²) in [5.74, 6) is -0.962. The van der Waals surface area contributed by atoms with E-state index in [1.165, 1.54) is 26.1 Å². The number of hydrogen-bond acceptors (Lipinski definition) is 3. The number of carbonyl (C=O) groups is 1. The predicted molar refractivity (Wildman–Crippen MR) is 68.0 cm³/mol. The highest BCUT2D eigenvalue weighted by Gasteiger charge is 2.30. The molecule has 0 amide bonds. The Hall–Kier alpha value is -2.04. The SMILES string of the molecule is C=C(C)COc1cccn(C(C)(C)C(=O)O)c1=O. The van der Waals surface area contributed by atoms with Crippen LogP contribution in [0.25, 0.3) is 0 Å². The van der Waals surface area contributed by atoms with Gasteiger partial charge in [0.25, 0.3) is 5.56 Å². The Kier molecular flexibility index (Phi) is 3.96. The first kappa shape index (κ1) is 14.0. The van der Waals surface area contributed by atoms with Crippen molar-refractivity contribution in [2.24, 2.45) is 0 Å². The van der Waals surface area contributed by atoms with E-state index in [0.717, 1.165) is 10.1 Å². The summed E-state index contributed by atoms with van der Waals surface area (Å²) in [5, 5.41) is 9.11. The molecule has 1 aromatic heterocycles. The minimum atomic E-state index is -1.32. The maximum atomic E-state index is 12.1. The van der Waals surface area contributed by atoms with E-state index in [1.54, 1.807) is 13.0 Å². The first-order chi connectivity index (χ1) is 8.26. The number of aromatic nitrogens is 1. The van der Waals surface area contributed by atoms with Crippen molar-refractivity contribution in [2.75, 3.05) is 6.61 Å². The Morgan fingerprint density at radius 1 is 1.56 bits per heavy atom. The highest BCUT2D eigenvalue weighted by Crippen LogP contribution is 2.14. The van der Waals surface area contributed by atoms with Crippen molar-refractivity contribution in [3.63, 3.8) is 0 Å². The molecule has 1 N–H and O–H groups in total. The van der Waals surface area contributed by atoms with Crippen molar-refractivity contribution >= 4 is 5.97 Å². The molecule has 18 heavy (non-hydrogen) atoms. The third kappa shape index (κ3) is 2.80. The zero-order chi connectivity index (χ0) is 13.9. The van der Waals surface area contributed by atoms with Crippen LogP contribution in [0.2, 0.25) is 0 Å². The highest BCUT2D eigenvalue weighted by atomic mass is 16.5. The van der Waals surface area contributed by atoms with Gasteiger partial charge in [0, 0.05) is 6.20 Å². The van der Waals surface area contributed by atoms with E-state index < -0.39 is 17.1 Å². The van der Waals surface area contributed by atoms with Gasteiger partial charge in [-0.25, -0.2) is 4.79 Å². The monoisotopic (exact) mass is 251 g/mol. The van der Waals surface area contributed by atoms with E-state index in [4.69, 9.17) is 9.84 Å². The lowest BCUT2D eigenvalue weighted by Crippen LogP contribution is -2.42. The molecule has 0 radical (unpaired) electrons. The van der Waals surface area contributed by atoms with E-state index >= 15 is 0 Å². The average molecular weight is 251 g/mol. The lowest BCUT2D eigenvalue weighted by molar-refractivity contribution is -0.145. The second-order valence-electron chi connectivity index (χ2n) is 4.66. The van der Waals surface area contributed by atoms with Gasteiger partial charge in [-0.2, -0.15) is 0 Å². The van der Waals surface area contributed by atoms with Gasteiger partial charge >= 0.3 is 5.97 Å². The van der Waals surface area contributed by atoms with Crippen LogP contribution in [0, 0.1) is 0 Å². The van der Waals surface area contributed by atoms with Crippen LogP contribution in [0.1, 0.15) is 20.8 Å². The number of nitrogens with zero attached hydrogens (tertiary/aromatic N) is 1. The van der Waals surface area contributed by atoms with Gasteiger partial charge in [-0.05, 0) is 38.5 Å². The van der Waals surface area contributed by atoms with Gasteiger partial charge in [-0.1, -0.05) is 6.58 Å². The van der Waals surface area contributed by atoms with Crippen LogP contribution < -0.4 is 10.3 Å². The average Bonchev–Trinajstić information content (AvgIpc) is 2.27. The van der Waals surface area contributed by atoms with E-state index in [9.17, 15) is 9.59 Å². The van der Waals surface area contributed by atoms with E-state index in [2.05, 4.69) is 6.58 Å². The Labute approximate surface area is 105 Å². The molecule has 0 aliphatic carbocycles. The van der Waals surface area contributed by atoms with Crippen LogP contribution in [-0.2, 0) is 10.3 Å². The molecular weight excluding hydrogens is 234 g/mol. The van der Waals surface area contributed by atoms with Gasteiger partial charge in [0.2, 0.25) is 0 Å². The number of aliphatic carboxylic acids is 1. The minimum absolute atomic E-state index is 0.120. The van der Waals surface area contributed by atoms with Gasteiger partial charge < -0.3 is 9.84 Å². The minimum Gasteiger partial charge on any atom is -0.484 e. The number of carboxylic acid groups (broad SMARTS) is 1. The van der Waals surface area contributed by atoms with Crippen molar-refractivity contribution in [3.8, 4) is 5.75 Å². The molecule has 0 unspecified atom stereocenters. The topological polar surface area (TPSA) is 68.5 Å². The van der Waals surface area contributed by atoms with Gasteiger partial charge in [0.15, 0.2) is 5.75 Å². The summed E-state index contributed by atoms with van der Waals surface area (Å²) in [6, 6.07) is 3.10. The molecule has 0 fully saturated rings. The Morgan fingerprint density at radius 3 is 2.67 bits per heavy atom. The summed E-state index contributed by atoms with van der Waals surface area (Å²) in [7, 11) is 0. The fourth-order valence-electron chi connectivity index (χ4n) is 1.33. The first-order valence-corrected chi connectivity index (χ1v) is 5.49. The van der Waals surface area contributed by atoms with Crippen LogP contribution in [0.3, 0.4) is 0 Å². The molecule has 5 nitrogen and oxygen atoms in total. The predicted octanol–water partition coefficient (Wildman–Crippen LogP) is 1.62. The number of pyridine rings is 1. The lowest BCUT2D eigenvalue weighted by Gasteiger charge is -2.22. The molecule has 1 heterocycles. The second-order valence-corrected chi connectivity index (χ2v) is 4.66. The highest BCUT2D eigenvalue weighted by molar-refractivity contribution is 5.75. The summed E-state index contributed by atoms with van der Waals surface area (Å²) < 4.78 is 6.43. The number of hydrogen-bond donors (Lipinski definition) is 1. The van der Waals surface area contributed by atoms with Crippen LogP contribution in [0.4, 0.5) is 0 Å². The molecule has 0 aliphatic rings. The molecule has 1 rings (SSSR count). The molecule has 1 aromatic rings. The standard InChI is InChI=1S/C13H17NO4/c1-9(2)8-18-10-6-5-7-14(11(10)15)13(3,4)12(16)17/h5-7H,1,8H2,2-4H3,(H,16,17). The molecular formula is C13H17NO4. The molecule has 5 heteroatoms. The van der Waals surface area contributed by atoms with Crippen LogP contribution in [0.5, 0.6) is 5.75 Å². The van der Waals surface area contributed by atoms with Crippen LogP contribution in [-0.4, -0.2) is 22.2 Å². The van der Waals surface area contributed by atoms with E-state index in [0.29, 0.717) is 0 Å². The number of ether oxygens (including phenoxy) is 1. The second kappa shape index (κ2) is 5.08. The maximum absolute atomic E-state index is 12.1. The van der Waals surface area contributed by atoms with Gasteiger partial charge in [0.05, 0.1) is 0 Å². The van der Waals surface area contributed by atoms with Crippen molar-refractivity contribution in [1.82, 2.24) is 4.57 Å². The number of rotatable bonds is 5. The lowest BCUT2D eigenvalue weighted by atomic mass is 10.1. The molecule has 0 saturated carbocycles. The molecule has 0 aliphatic heterocycles. The summed E-state index contributed by atoms with van der Waals surface area (Å²) in [5.41, 5.74) is -1.01. The molecule has 98 valence electrons. The molecule has 0 aromatic carbocycles. The third-order valence-corrected chi connectivity index (χ3v) is 2.51. The quantitative estimate of drug-likeness (QED) is 0.807. The zero-order valence-electron chi connectivity index (χ0n) is 10.8. The Morgan fingerprint density at radius 2 is 2.17 bits per heavy atom. The van der Waals surface area contributed by atoms with Gasteiger partial charge in [-0.15, -0.1) is 0 Å². The third-order valence-electron chi connectivity index (χ3n) is 2.51. The first-order valence-electron chi connectivity index (χ1n) is 5.49. The van der Waals surface area contributed by atoms with Crippen molar-refractivity contribution in [2.45, 2.75) is 26.3 Å². The Bertz CT molecular complexity index is 528. The summed E-state index contributed by atoms with van der Waals surface area (Å²) in [6.07, 6.45) is 1.43. The van der Waals surface area contributed by atoms with Crippen LogP contribution >= 0.6 is 0 Å². The fraction of sp³-hybridized carbons (Fsp3) is 0.385. The maximum Gasteiger partial charge on any atom is 0.329 e. The van der Waals surface area contributed by atoms with E-state index in [-0.39, 0.29) is 12.4 Å². The summed E-state index contributed by atoms with van der Waals surface area (Å²) >= 11 is 0. The molecule has 0 spiro atoms. The Balaban J connectivity index is 3.18. The van der Waals surface area contributed by atoms with Gasteiger partial charge in [-0.3, -0.25) is 9.36 Å². The van der Waals surface area contributed by atoms with Gasteiger partial charge in [0.1, 0.15) is 12.1 Å². The smallest absolute Gasteiger partial charge is 0.329 e. The van der Waals surface area contributed by atoms with Crippen molar-refractivity contribution in [3.05, 3.63) is 40.8 Å². The molecule has 0 bridgehead atoms. The van der Waals surface area contributed by atoms with Crippen molar-refractivity contribution in [1.29, 1.82) is 0 Å². The van der Waals surface area contributed by atoms with E-state index in [1.807, 2.05) is 0 Å². The fourth-order valence-corrected chi connectivity index (χ4v) is 1.33. The molecule has 0 saturated heterocycles. The zero-order valence-corrected chi connectivity index (χ0v) is 10.8. The van der Waals surface area contributed by atoms with Crippen LogP contribution in [0.15, 0.2) is 35.3 Å².